The predicted molar refractivity (Wildman–Crippen MR) is 255 cm³/mol. The molecule has 13 N–H and O–H groups in total. The van der Waals surface area contributed by atoms with Gasteiger partial charge < -0.3 is 100 Å². The van der Waals surface area contributed by atoms with E-state index in [1.165, 1.54) is 7.11 Å². The van der Waals surface area contributed by atoms with Crippen molar-refractivity contribution in [2.45, 2.75) is 184 Å². The number of carbonyl (C=O) groups is 5. The minimum atomic E-state index is -1.33. The van der Waals surface area contributed by atoms with E-state index in [0.717, 1.165) is 0 Å². The molecular weight excluding hydrogens is 969 g/mol. The third-order valence-electron chi connectivity index (χ3n) is 13.7. The fourth-order valence-corrected chi connectivity index (χ4v) is 8.80. The molecule has 424 valence electrons. The van der Waals surface area contributed by atoms with Gasteiger partial charge >= 0.3 is 0 Å². The number of hydrogen-bond donors (Lipinski definition) is 13. The molecule has 25 nitrogen and oxygen atoms in total. The van der Waals surface area contributed by atoms with Crippen LogP contribution in [0.4, 0.5) is 0 Å². The van der Waals surface area contributed by atoms with Gasteiger partial charge in [-0.15, -0.1) is 0 Å². The molecule has 3 rings (SSSR count). The number of amides is 4. The Morgan fingerprint density at radius 3 is 1.23 bits per heavy atom. The van der Waals surface area contributed by atoms with Crippen LogP contribution in [0.25, 0.3) is 0 Å². The molecule has 0 radical (unpaired) electrons. The number of carbonyl (C=O) groups excluding carboxylic acids is 5. The summed E-state index contributed by atoms with van der Waals surface area (Å²) in [6, 6.07) is 0. The Morgan fingerprint density at radius 1 is 0.466 bits per heavy atom. The van der Waals surface area contributed by atoms with Gasteiger partial charge in [0.05, 0.1) is 51.3 Å². The first-order valence-corrected chi connectivity index (χ1v) is 25.7. The van der Waals surface area contributed by atoms with Crippen LogP contribution in [-0.2, 0) is 57.1 Å². The average Bonchev–Trinajstić information content (AvgIpc) is 3.37. The summed E-state index contributed by atoms with van der Waals surface area (Å²) in [4.78, 5) is 66.7. The van der Waals surface area contributed by atoms with Crippen LogP contribution in [0.15, 0.2) is 0 Å². The minimum Gasteiger partial charge on any atom is -0.394 e. The van der Waals surface area contributed by atoms with Gasteiger partial charge in [-0.1, -0.05) is 20.8 Å². The summed E-state index contributed by atoms with van der Waals surface area (Å²) in [6.45, 7) is 4.61. The molecule has 0 bridgehead atoms. The van der Waals surface area contributed by atoms with Gasteiger partial charge in [-0.3, -0.25) is 24.0 Å². The molecule has 0 saturated carbocycles. The lowest BCUT2D eigenvalue weighted by molar-refractivity contribution is -0.282. The van der Waals surface area contributed by atoms with Gasteiger partial charge in [0.1, 0.15) is 48.8 Å². The van der Waals surface area contributed by atoms with E-state index in [-0.39, 0.29) is 90.2 Å². The molecule has 3 heterocycles. The molecule has 3 aliphatic heterocycles. The number of rotatable bonds is 35. The first-order valence-electron chi connectivity index (χ1n) is 25.7. The van der Waals surface area contributed by atoms with E-state index in [1.54, 1.807) is 20.8 Å². The SMILES string of the molecule is COCCCNC(=O)CC(=O)NC(CCC(=O)CCCCO[C@@H]1OC(CO)[C@H](O)[C@H](O)C1C)(CCC(=O)NCCCO[C@@H]1OC(CO)[C@H](O)[C@H](O)C1C)CCC(=O)NCCCO[C@@H]1OC(CO)[C@H](O)[C@H](O)C1C. The quantitative estimate of drug-likeness (QED) is 0.0219. The van der Waals surface area contributed by atoms with Crippen molar-refractivity contribution in [1.29, 1.82) is 0 Å². The van der Waals surface area contributed by atoms with Crippen LogP contribution in [0.3, 0.4) is 0 Å². The summed E-state index contributed by atoms with van der Waals surface area (Å²) < 4.78 is 39.1. The molecule has 15 atom stereocenters. The molecule has 3 saturated heterocycles. The molecule has 3 aliphatic rings. The van der Waals surface area contributed by atoms with Crippen LogP contribution in [0, 0.1) is 17.8 Å². The van der Waals surface area contributed by atoms with E-state index < -0.39 is 147 Å². The predicted octanol–water partition coefficient (Wildman–Crippen LogP) is -3.25. The smallest absolute Gasteiger partial charge is 0.229 e. The molecule has 0 aromatic heterocycles. The van der Waals surface area contributed by atoms with E-state index in [0.29, 0.717) is 38.7 Å². The van der Waals surface area contributed by atoms with Crippen molar-refractivity contribution in [1.82, 2.24) is 21.3 Å². The number of ether oxygens (including phenoxy) is 7. The van der Waals surface area contributed by atoms with Crippen molar-refractivity contribution < 1.29 is 103 Å². The Balaban J connectivity index is 1.67. The van der Waals surface area contributed by atoms with Gasteiger partial charge in [0.2, 0.25) is 23.6 Å². The van der Waals surface area contributed by atoms with Crippen LogP contribution < -0.4 is 21.3 Å². The lowest BCUT2D eigenvalue weighted by Crippen LogP contribution is -2.55. The Morgan fingerprint density at radius 2 is 0.836 bits per heavy atom. The molecule has 73 heavy (non-hydrogen) atoms. The van der Waals surface area contributed by atoms with Gasteiger partial charge in [-0.25, -0.2) is 0 Å². The second kappa shape index (κ2) is 33.8. The fourth-order valence-electron chi connectivity index (χ4n) is 8.80. The zero-order valence-electron chi connectivity index (χ0n) is 42.8. The molecule has 0 aliphatic carbocycles. The third-order valence-corrected chi connectivity index (χ3v) is 13.7. The maximum atomic E-state index is 13.6. The van der Waals surface area contributed by atoms with Gasteiger partial charge in [0.15, 0.2) is 18.9 Å². The standard InChI is InChI=1S/C48H86N4O21/c1-28-39(61)42(64)32(25-53)71-45(28)68-21-6-5-10-31(56)11-14-48(52-38(60)24-37(59)51-17-7-20-67-4,15-12-35(57)49-18-8-22-69-46-29(2)40(62)43(65)33(26-54)72-46)16-13-36(58)50-19-9-23-70-47-30(3)41(63)44(66)34(27-55)73-47/h28-30,32-34,39-47,53-55,61-66H,5-27H2,1-4H3,(H,49,57)(H,50,58)(H,51,59)(H,52,60)/t28?,29?,30?,32?,33?,34?,39-,40-,41-,42+,43+,44+,45-,46-,47-,48?/m1/s1. The van der Waals surface area contributed by atoms with Crippen molar-refractivity contribution >= 4 is 29.4 Å². The Kier molecular flexibility index (Phi) is 29.8. The largest absolute Gasteiger partial charge is 0.394 e. The van der Waals surface area contributed by atoms with Crippen LogP contribution in [-0.4, -0.2) is 228 Å². The Labute approximate surface area is 427 Å². The molecule has 0 spiro atoms. The second-order valence-electron chi connectivity index (χ2n) is 19.4. The monoisotopic (exact) mass is 1050 g/mol. The number of Topliss-reactive ketones (excluding diaryl/α,β-unsaturated/α-hetero) is 1. The zero-order valence-corrected chi connectivity index (χ0v) is 42.8. The van der Waals surface area contributed by atoms with Crippen LogP contribution in [0.2, 0.25) is 0 Å². The number of aliphatic hydroxyl groups is 9. The van der Waals surface area contributed by atoms with Crippen molar-refractivity contribution in [2.24, 2.45) is 17.8 Å². The van der Waals surface area contributed by atoms with Crippen molar-refractivity contribution in [3.05, 3.63) is 0 Å². The highest BCUT2D eigenvalue weighted by molar-refractivity contribution is 5.97. The molecule has 0 aromatic rings. The number of ketones is 1. The highest BCUT2D eigenvalue weighted by Gasteiger charge is 2.45. The summed E-state index contributed by atoms with van der Waals surface area (Å²) in [7, 11) is 1.52. The number of methoxy groups -OCH3 is 1. The van der Waals surface area contributed by atoms with E-state index in [4.69, 9.17) is 33.2 Å². The highest BCUT2D eigenvalue weighted by Crippen LogP contribution is 2.30. The van der Waals surface area contributed by atoms with Gasteiger partial charge in [-0.05, 0) is 51.4 Å². The molecule has 6 unspecified atom stereocenters. The van der Waals surface area contributed by atoms with Gasteiger partial charge in [0, 0.05) is 88.9 Å². The molecule has 3 fully saturated rings. The van der Waals surface area contributed by atoms with Crippen molar-refractivity contribution in [3.8, 4) is 0 Å². The summed E-state index contributed by atoms with van der Waals surface area (Å²) in [5, 5.41) is 101. The zero-order chi connectivity index (χ0) is 54.1. The normalized spacial score (nSPS) is 31.3. The van der Waals surface area contributed by atoms with Crippen molar-refractivity contribution in [3.63, 3.8) is 0 Å². The van der Waals surface area contributed by atoms with Crippen LogP contribution in [0.1, 0.15) is 104 Å². The molecule has 4 amide bonds. The number of nitrogens with one attached hydrogen (secondary N) is 4. The number of unbranched alkanes of at least 4 members (excludes halogenated alkanes) is 1. The second-order valence-corrected chi connectivity index (χ2v) is 19.4. The third kappa shape index (κ3) is 21.5. The topological polar surface area (TPSA) is 380 Å². The van der Waals surface area contributed by atoms with Crippen LogP contribution in [0.5, 0.6) is 0 Å². The van der Waals surface area contributed by atoms with Gasteiger partial charge in [0.25, 0.3) is 0 Å². The number of aliphatic hydroxyl groups excluding tert-OH is 9. The maximum Gasteiger partial charge on any atom is 0.229 e. The van der Waals surface area contributed by atoms with E-state index >= 15 is 0 Å². The molecular formula is C48H86N4O21. The van der Waals surface area contributed by atoms with E-state index in [2.05, 4.69) is 21.3 Å². The maximum absolute atomic E-state index is 13.6. The summed E-state index contributed by atoms with van der Waals surface area (Å²) in [5.74, 6) is -4.07. The summed E-state index contributed by atoms with van der Waals surface area (Å²) >= 11 is 0. The summed E-state index contributed by atoms with van der Waals surface area (Å²) in [6.07, 6.45) is -12.1. The Bertz CT molecular complexity index is 1480. The van der Waals surface area contributed by atoms with E-state index in [9.17, 15) is 69.9 Å². The minimum absolute atomic E-state index is 0.00583. The first-order chi connectivity index (χ1) is 34.8. The van der Waals surface area contributed by atoms with Crippen molar-refractivity contribution in [2.75, 3.05) is 73.0 Å². The molecule has 0 aromatic carbocycles. The average molecular weight is 1060 g/mol. The summed E-state index contributed by atoms with van der Waals surface area (Å²) in [5.41, 5.74) is -1.33. The van der Waals surface area contributed by atoms with E-state index in [1.807, 2.05) is 0 Å². The highest BCUT2D eigenvalue weighted by atomic mass is 16.7. The lowest BCUT2D eigenvalue weighted by atomic mass is 9.82. The van der Waals surface area contributed by atoms with Gasteiger partial charge in [-0.2, -0.15) is 0 Å². The van der Waals surface area contributed by atoms with Crippen LogP contribution >= 0.6 is 0 Å². The first kappa shape index (κ1) is 64.2. The Hall–Kier alpha value is -3.09. The molecule has 25 heteroatoms. The number of hydrogen-bond acceptors (Lipinski definition) is 21. The fraction of sp³-hybridized carbons (Fsp3) is 0.896. The lowest BCUT2D eigenvalue weighted by Gasteiger charge is -2.40.